The number of carboxylic acid groups (broad SMARTS) is 1. The maximum absolute atomic E-state index is 12.5. The number of rotatable bonds is 7. The van der Waals surface area contributed by atoms with E-state index in [1.165, 1.54) is 10.3 Å². The van der Waals surface area contributed by atoms with Crippen LogP contribution in [0, 0.1) is 0 Å². The molecule has 0 aliphatic heterocycles. The Bertz CT molecular complexity index is 621. The van der Waals surface area contributed by atoms with Crippen LogP contribution in [0.15, 0.2) is 15.7 Å². The van der Waals surface area contributed by atoms with E-state index in [4.69, 9.17) is 5.11 Å². The van der Waals surface area contributed by atoms with E-state index < -0.39 is 16.0 Å². The van der Waals surface area contributed by atoms with Crippen LogP contribution >= 0.6 is 11.3 Å². The first-order valence-corrected chi connectivity index (χ1v) is 8.54. The van der Waals surface area contributed by atoms with Gasteiger partial charge in [0.15, 0.2) is 0 Å². The fraction of sp³-hybridized carbons (Fsp3) is 0.500. The number of carboxylic acids is 1. The van der Waals surface area contributed by atoms with Crippen LogP contribution < -0.4 is 0 Å². The minimum absolute atomic E-state index is 0.0695. The first-order valence-electron chi connectivity index (χ1n) is 6.22. The molecule has 9 heteroatoms. The number of thiophene rings is 1. The number of aromatic carboxylic acids is 1. The minimum atomic E-state index is -3.86. The highest BCUT2D eigenvalue weighted by molar-refractivity contribution is 7.91. The Labute approximate surface area is 127 Å². The van der Waals surface area contributed by atoms with Crippen molar-refractivity contribution in [2.75, 3.05) is 27.2 Å². The molecule has 1 aromatic heterocycles. The zero-order valence-electron chi connectivity index (χ0n) is 12.1. The molecule has 0 spiro atoms. The Hall–Kier alpha value is -1.45. The van der Waals surface area contributed by atoms with Crippen molar-refractivity contribution in [1.29, 1.82) is 0 Å². The molecule has 0 aliphatic carbocycles. The van der Waals surface area contributed by atoms with Gasteiger partial charge in [-0.15, -0.1) is 11.3 Å². The van der Waals surface area contributed by atoms with Crippen molar-refractivity contribution in [3.05, 3.63) is 17.0 Å². The van der Waals surface area contributed by atoms with Crippen LogP contribution in [0.5, 0.6) is 0 Å². The van der Waals surface area contributed by atoms with E-state index in [1.807, 2.05) is 0 Å². The normalized spacial score (nSPS) is 11.6. The highest BCUT2D eigenvalue weighted by atomic mass is 32.2. The number of hydrogen-bond donors (Lipinski definition) is 1. The maximum Gasteiger partial charge on any atom is 0.336 e. The fourth-order valence-corrected chi connectivity index (χ4v) is 4.30. The summed E-state index contributed by atoms with van der Waals surface area (Å²) in [5.74, 6) is -1.51. The van der Waals surface area contributed by atoms with E-state index >= 15 is 0 Å². The monoisotopic (exact) mass is 334 g/mol. The van der Waals surface area contributed by atoms with E-state index in [2.05, 4.69) is 0 Å². The molecule has 0 fully saturated rings. The van der Waals surface area contributed by atoms with Crippen molar-refractivity contribution in [3.63, 3.8) is 0 Å². The second-order valence-corrected chi connectivity index (χ2v) is 7.66. The van der Waals surface area contributed by atoms with Gasteiger partial charge in [-0.25, -0.2) is 13.2 Å². The molecule has 1 rings (SSSR count). The van der Waals surface area contributed by atoms with E-state index in [0.717, 1.165) is 21.7 Å². The maximum atomic E-state index is 12.5. The second kappa shape index (κ2) is 7.01. The summed E-state index contributed by atoms with van der Waals surface area (Å²) < 4.78 is 26.0. The zero-order valence-corrected chi connectivity index (χ0v) is 13.7. The minimum Gasteiger partial charge on any atom is -0.478 e. The average molecular weight is 334 g/mol. The third-order valence-corrected chi connectivity index (χ3v) is 5.96. The smallest absolute Gasteiger partial charge is 0.336 e. The lowest BCUT2D eigenvalue weighted by molar-refractivity contribution is -0.128. The summed E-state index contributed by atoms with van der Waals surface area (Å²) in [4.78, 5) is 23.9. The molecule has 0 saturated carbocycles. The lowest BCUT2D eigenvalue weighted by atomic mass is 10.4. The molecule has 1 amide bonds. The van der Waals surface area contributed by atoms with Gasteiger partial charge >= 0.3 is 5.97 Å². The van der Waals surface area contributed by atoms with Gasteiger partial charge in [0.25, 0.3) is 10.0 Å². The molecule has 1 N–H and O–H groups in total. The second-order valence-electron chi connectivity index (χ2n) is 4.59. The Morgan fingerprint density at radius 1 is 1.33 bits per heavy atom. The highest BCUT2D eigenvalue weighted by Gasteiger charge is 2.28. The average Bonchev–Trinajstić information content (AvgIpc) is 2.88. The molecular weight excluding hydrogens is 316 g/mol. The van der Waals surface area contributed by atoms with Crippen molar-refractivity contribution in [3.8, 4) is 0 Å². The summed E-state index contributed by atoms with van der Waals surface area (Å²) >= 11 is 0.839. The van der Waals surface area contributed by atoms with E-state index in [9.17, 15) is 18.0 Å². The van der Waals surface area contributed by atoms with Gasteiger partial charge in [-0.05, 0) is 12.5 Å². The summed E-state index contributed by atoms with van der Waals surface area (Å²) in [6.07, 6.45) is 0.553. The molecule has 0 aromatic carbocycles. The molecule has 0 saturated heterocycles. The van der Waals surface area contributed by atoms with E-state index in [1.54, 1.807) is 21.0 Å². The predicted molar refractivity (Wildman–Crippen MR) is 79.0 cm³/mol. The quantitative estimate of drug-likeness (QED) is 0.800. The van der Waals surface area contributed by atoms with Crippen molar-refractivity contribution >= 4 is 33.2 Å². The lowest BCUT2D eigenvalue weighted by Gasteiger charge is -2.22. The van der Waals surface area contributed by atoms with E-state index in [0.29, 0.717) is 6.42 Å². The number of nitrogens with zero attached hydrogens (tertiary/aromatic N) is 2. The van der Waals surface area contributed by atoms with Gasteiger partial charge in [-0.3, -0.25) is 4.79 Å². The van der Waals surface area contributed by atoms with Crippen LogP contribution in [0.3, 0.4) is 0 Å². The topological polar surface area (TPSA) is 95.0 Å². The first kappa shape index (κ1) is 17.6. The molecular formula is C12H18N2O5S2. The molecule has 0 aliphatic rings. The van der Waals surface area contributed by atoms with Gasteiger partial charge in [0, 0.05) is 26.0 Å². The van der Waals surface area contributed by atoms with Crippen LogP contribution in [0.25, 0.3) is 0 Å². The Morgan fingerprint density at radius 2 is 1.95 bits per heavy atom. The number of amides is 1. The van der Waals surface area contributed by atoms with Gasteiger partial charge in [0.05, 0.1) is 12.1 Å². The van der Waals surface area contributed by atoms with Gasteiger partial charge in [0.2, 0.25) is 5.91 Å². The van der Waals surface area contributed by atoms with Crippen LogP contribution in [0.2, 0.25) is 0 Å². The Balaban J connectivity index is 3.08. The van der Waals surface area contributed by atoms with Gasteiger partial charge < -0.3 is 10.0 Å². The number of sulfonamides is 1. The van der Waals surface area contributed by atoms with Crippen LogP contribution in [-0.2, 0) is 14.8 Å². The Kier molecular flexibility index (Phi) is 5.87. The summed E-state index contributed by atoms with van der Waals surface area (Å²) in [6.45, 7) is 1.74. The molecule has 0 bridgehead atoms. The van der Waals surface area contributed by atoms with Gasteiger partial charge in [-0.2, -0.15) is 4.31 Å². The number of carbonyl (C=O) groups excluding carboxylic acids is 1. The number of carbonyl (C=O) groups is 2. The molecule has 0 radical (unpaired) electrons. The predicted octanol–water partition coefficient (Wildman–Crippen LogP) is 0.935. The molecule has 1 heterocycles. The molecule has 21 heavy (non-hydrogen) atoms. The first-order chi connectivity index (χ1) is 9.70. The fourth-order valence-electron chi connectivity index (χ4n) is 1.52. The Morgan fingerprint density at radius 3 is 2.38 bits per heavy atom. The van der Waals surface area contributed by atoms with E-state index in [-0.39, 0.29) is 28.8 Å². The van der Waals surface area contributed by atoms with Crippen LogP contribution in [0.1, 0.15) is 23.7 Å². The highest BCUT2D eigenvalue weighted by Crippen LogP contribution is 2.24. The molecule has 118 valence electrons. The van der Waals surface area contributed by atoms with Crippen molar-refractivity contribution in [2.45, 2.75) is 17.6 Å². The molecule has 1 aromatic rings. The molecule has 7 nitrogen and oxygen atoms in total. The standard InChI is InChI=1S/C12H18N2O5S2/c1-4-5-14(7-10(15)13(2)3)21(18,19)11-6-9(8-20-11)12(16)17/h6,8H,4-5,7H2,1-3H3,(H,16,17). The summed E-state index contributed by atoms with van der Waals surface area (Å²) in [5.41, 5.74) is -0.0750. The summed E-state index contributed by atoms with van der Waals surface area (Å²) in [7, 11) is -0.767. The van der Waals surface area contributed by atoms with Gasteiger partial charge in [0.1, 0.15) is 4.21 Å². The summed E-state index contributed by atoms with van der Waals surface area (Å²) in [5, 5.41) is 10.1. The lowest BCUT2D eigenvalue weighted by Crippen LogP contribution is -2.40. The largest absolute Gasteiger partial charge is 0.478 e. The third kappa shape index (κ3) is 4.26. The van der Waals surface area contributed by atoms with Crippen molar-refractivity contribution in [2.24, 2.45) is 0 Å². The summed E-state index contributed by atoms with van der Waals surface area (Å²) in [6, 6.07) is 1.12. The van der Waals surface area contributed by atoms with Crippen molar-refractivity contribution < 1.29 is 23.1 Å². The number of hydrogen-bond acceptors (Lipinski definition) is 5. The molecule has 0 atom stereocenters. The molecule has 0 unspecified atom stereocenters. The van der Waals surface area contributed by atoms with Crippen molar-refractivity contribution in [1.82, 2.24) is 9.21 Å². The SMILES string of the molecule is CCCN(CC(=O)N(C)C)S(=O)(=O)c1cc(C(=O)O)cs1. The third-order valence-electron chi connectivity index (χ3n) is 2.70. The number of likely N-dealkylation sites (N-methyl/N-ethyl adjacent to an activating group) is 1. The van der Waals surface area contributed by atoms with Crippen LogP contribution in [0.4, 0.5) is 0 Å². The van der Waals surface area contributed by atoms with Crippen LogP contribution in [-0.4, -0.2) is 61.8 Å². The zero-order chi connectivity index (χ0) is 16.2. The van der Waals surface area contributed by atoms with Gasteiger partial charge in [-0.1, -0.05) is 6.92 Å².